The van der Waals surface area contributed by atoms with E-state index in [1.807, 2.05) is 30.3 Å². The maximum atomic E-state index is 10.0. The van der Waals surface area contributed by atoms with Crippen LogP contribution in [0.5, 0.6) is 0 Å². The molecule has 0 bridgehead atoms. The lowest BCUT2D eigenvalue weighted by Crippen LogP contribution is -1.88. The van der Waals surface area contributed by atoms with Crippen molar-refractivity contribution < 1.29 is 14.6 Å². The zero-order valence-corrected chi connectivity index (χ0v) is 7.98. The van der Waals surface area contributed by atoms with Gasteiger partial charge in [0.1, 0.15) is 0 Å². The van der Waals surface area contributed by atoms with Crippen LogP contribution in [-0.4, -0.2) is 17.7 Å². The first-order valence-corrected chi connectivity index (χ1v) is 4.63. The summed E-state index contributed by atoms with van der Waals surface area (Å²) in [5, 5.41) is 8.54. The van der Waals surface area contributed by atoms with Crippen LogP contribution < -0.4 is 0 Å². The highest BCUT2D eigenvalue weighted by Crippen LogP contribution is 2.01. The number of cyclic esters (lactones) is 1. The molecule has 1 aromatic carbocycles. The quantitative estimate of drug-likeness (QED) is 0.689. The minimum atomic E-state index is -0.0463. The molecule has 3 nitrogen and oxygen atoms in total. The number of rotatable bonds is 1. The van der Waals surface area contributed by atoms with Gasteiger partial charge in [-0.15, -0.1) is 0 Å². The van der Waals surface area contributed by atoms with Gasteiger partial charge in [-0.1, -0.05) is 30.3 Å². The van der Waals surface area contributed by atoms with E-state index in [-0.39, 0.29) is 12.6 Å². The molecule has 0 saturated carbocycles. The van der Waals surface area contributed by atoms with Gasteiger partial charge >= 0.3 is 5.97 Å². The Morgan fingerprint density at radius 3 is 2.29 bits per heavy atom. The third kappa shape index (κ3) is 4.05. The monoisotopic (exact) mass is 194 g/mol. The zero-order valence-electron chi connectivity index (χ0n) is 7.98. The minimum absolute atomic E-state index is 0.0463. The van der Waals surface area contributed by atoms with Crippen molar-refractivity contribution in [3.8, 4) is 0 Å². The van der Waals surface area contributed by atoms with Crippen LogP contribution in [0.25, 0.3) is 0 Å². The molecule has 0 atom stereocenters. The van der Waals surface area contributed by atoms with Crippen molar-refractivity contribution in [1.82, 2.24) is 0 Å². The molecule has 0 amide bonds. The number of hydrogen-bond donors (Lipinski definition) is 1. The first-order chi connectivity index (χ1) is 6.83. The molecule has 14 heavy (non-hydrogen) atoms. The van der Waals surface area contributed by atoms with Crippen molar-refractivity contribution in [3.05, 3.63) is 35.9 Å². The second-order valence-electron chi connectivity index (χ2n) is 2.97. The molecule has 0 spiro atoms. The standard InChI is InChI=1S/C7H8O.C4H6O2/c8-6-7-4-2-1-3-5-7;5-4-2-1-3-6-4/h1-5,8H,6H2;1-3H2. The first kappa shape index (κ1) is 10.7. The van der Waals surface area contributed by atoms with E-state index in [1.165, 1.54) is 0 Å². The summed E-state index contributed by atoms with van der Waals surface area (Å²) in [6.07, 6.45) is 1.54. The fraction of sp³-hybridized carbons (Fsp3) is 0.364. The molecule has 1 aliphatic heterocycles. The molecule has 1 fully saturated rings. The molecule has 3 heteroatoms. The van der Waals surface area contributed by atoms with Gasteiger partial charge in [0.15, 0.2) is 0 Å². The predicted octanol–water partition coefficient (Wildman–Crippen LogP) is 1.50. The highest BCUT2D eigenvalue weighted by atomic mass is 16.5. The maximum Gasteiger partial charge on any atom is 0.305 e. The zero-order chi connectivity index (χ0) is 10.2. The summed E-state index contributed by atoms with van der Waals surface area (Å²) in [4.78, 5) is 10.0. The highest BCUT2D eigenvalue weighted by Gasteiger charge is 2.08. The fourth-order valence-corrected chi connectivity index (χ4v) is 1.06. The van der Waals surface area contributed by atoms with Crippen LogP contribution >= 0.6 is 0 Å². The fourth-order valence-electron chi connectivity index (χ4n) is 1.06. The maximum absolute atomic E-state index is 10.0. The molecule has 1 aliphatic rings. The molecular formula is C11H14O3. The van der Waals surface area contributed by atoms with Gasteiger partial charge in [-0.3, -0.25) is 4.79 Å². The van der Waals surface area contributed by atoms with E-state index in [4.69, 9.17) is 5.11 Å². The number of hydrogen-bond acceptors (Lipinski definition) is 3. The van der Waals surface area contributed by atoms with Crippen LogP contribution in [0.2, 0.25) is 0 Å². The van der Waals surface area contributed by atoms with Crippen LogP contribution in [0.15, 0.2) is 30.3 Å². The van der Waals surface area contributed by atoms with Gasteiger partial charge < -0.3 is 9.84 Å². The first-order valence-electron chi connectivity index (χ1n) is 4.63. The highest BCUT2D eigenvalue weighted by molar-refractivity contribution is 5.70. The van der Waals surface area contributed by atoms with Crippen LogP contribution in [0.4, 0.5) is 0 Å². The summed E-state index contributed by atoms with van der Waals surface area (Å²) in [5.41, 5.74) is 0.965. The van der Waals surface area contributed by atoms with Gasteiger partial charge in [-0.2, -0.15) is 0 Å². The molecule has 1 N–H and O–H groups in total. The molecule has 0 aromatic heterocycles. The molecule has 0 radical (unpaired) electrons. The number of benzene rings is 1. The number of esters is 1. The molecule has 0 unspecified atom stereocenters. The summed E-state index contributed by atoms with van der Waals surface area (Å²) in [6, 6.07) is 9.52. The van der Waals surface area contributed by atoms with Gasteiger partial charge in [0, 0.05) is 6.42 Å². The summed E-state index contributed by atoms with van der Waals surface area (Å²) < 4.78 is 4.51. The summed E-state index contributed by atoms with van der Waals surface area (Å²) in [6.45, 7) is 0.777. The topological polar surface area (TPSA) is 46.5 Å². The molecule has 1 heterocycles. The Morgan fingerprint density at radius 1 is 1.29 bits per heavy atom. The number of carbonyl (C=O) groups is 1. The van der Waals surface area contributed by atoms with Gasteiger partial charge in [-0.05, 0) is 12.0 Å². The largest absolute Gasteiger partial charge is 0.466 e. The average molecular weight is 194 g/mol. The van der Waals surface area contributed by atoms with Crippen molar-refractivity contribution in [1.29, 1.82) is 0 Å². The Morgan fingerprint density at radius 2 is 2.00 bits per heavy atom. The second kappa shape index (κ2) is 6.16. The van der Waals surface area contributed by atoms with Gasteiger partial charge in [0.2, 0.25) is 0 Å². The molecule has 1 saturated heterocycles. The van der Waals surface area contributed by atoms with Crippen molar-refractivity contribution in [3.63, 3.8) is 0 Å². The van der Waals surface area contributed by atoms with E-state index in [0.717, 1.165) is 12.0 Å². The summed E-state index contributed by atoms with van der Waals surface area (Å²) in [7, 11) is 0. The Kier molecular flexibility index (Phi) is 4.72. The van der Waals surface area contributed by atoms with Crippen LogP contribution in [-0.2, 0) is 16.1 Å². The average Bonchev–Trinajstić information content (AvgIpc) is 2.71. The number of ether oxygens (including phenoxy) is 1. The predicted molar refractivity (Wildman–Crippen MR) is 52.6 cm³/mol. The van der Waals surface area contributed by atoms with Crippen LogP contribution in [0.3, 0.4) is 0 Å². The van der Waals surface area contributed by atoms with Gasteiger partial charge in [-0.25, -0.2) is 0 Å². The molecule has 76 valence electrons. The van der Waals surface area contributed by atoms with Crippen molar-refractivity contribution in [2.24, 2.45) is 0 Å². The Labute approximate surface area is 83.3 Å². The lowest BCUT2D eigenvalue weighted by Gasteiger charge is -1.89. The van der Waals surface area contributed by atoms with Crippen molar-refractivity contribution in [2.75, 3.05) is 6.61 Å². The van der Waals surface area contributed by atoms with E-state index in [1.54, 1.807) is 0 Å². The van der Waals surface area contributed by atoms with E-state index < -0.39 is 0 Å². The van der Waals surface area contributed by atoms with E-state index in [2.05, 4.69) is 4.74 Å². The lowest BCUT2D eigenvalue weighted by molar-refractivity contribution is -0.137. The van der Waals surface area contributed by atoms with Gasteiger partial charge in [0.25, 0.3) is 0 Å². The Bertz CT molecular complexity index is 261. The van der Waals surface area contributed by atoms with Gasteiger partial charge in [0.05, 0.1) is 13.2 Å². The third-order valence-electron chi connectivity index (χ3n) is 1.81. The molecular weight excluding hydrogens is 180 g/mol. The SMILES string of the molecule is O=C1CCCO1.OCc1ccccc1. The molecule has 1 aromatic rings. The minimum Gasteiger partial charge on any atom is -0.466 e. The number of carbonyl (C=O) groups excluding carboxylic acids is 1. The van der Waals surface area contributed by atoms with Crippen LogP contribution in [0.1, 0.15) is 18.4 Å². The van der Waals surface area contributed by atoms with Crippen LogP contribution in [0, 0.1) is 0 Å². The summed E-state index contributed by atoms with van der Waals surface area (Å²) >= 11 is 0. The third-order valence-corrected chi connectivity index (χ3v) is 1.81. The van der Waals surface area contributed by atoms with Crippen molar-refractivity contribution in [2.45, 2.75) is 19.4 Å². The van der Waals surface area contributed by atoms with E-state index in [9.17, 15) is 4.79 Å². The van der Waals surface area contributed by atoms with E-state index >= 15 is 0 Å². The Hall–Kier alpha value is -1.35. The normalized spacial score (nSPS) is 14.2. The molecule has 0 aliphatic carbocycles. The lowest BCUT2D eigenvalue weighted by atomic mass is 10.2. The molecule has 2 rings (SSSR count). The number of aliphatic hydroxyl groups excluding tert-OH is 1. The smallest absolute Gasteiger partial charge is 0.305 e. The van der Waals surface area contributed by atoms with E-state index in [0.29, 0.717) is 13.0 Å². The van der Waals surface area contributed by atoms with Crippen molar-refractivity contribution >= 4 is 5.97 Å². The Balaban J connectivity index is 0.000000146. The summed E-state index contributed by atoms with van der Waals surface area (Å²) in [5.74, 6) is -0.0463. The number of aliphatic hydroxyl groups is 1. The second-order valence-corrected chi connectivity index (χ2v) is 2.97.